The van der Waals surface area contributed by atoms with Gasteiger partial charge in [0.15, 0.2) is 0 Å². The Balaban J connectivity index is 2.34. The maximum Gasteiger partial charge on any atom is 0.347 e. The highest BCUT2D eigenvalue weighted by molar-refractivity contribution is 5.25. The lowest BCUT2D eigenvalue weighted by molar-refractivity contribution is 0.723. The van der Waals surface area contributed by atoms with Crippen molar-refractivity contribution >= 4 is 0 Å². The predicted octanol–water partition coefficient (Wildman–Crippen LogP) is 1.60. The Hall–Kier alpha value is -1.90. The number of hydrogen-bond acceptors (Lipinski definition) is 2. The Kier molecular flexibility index (Phi) is 2.63. The predicted molar refractivity (Wildman–Crippen MR) is 58.8 cm³/mol. The minimum Gasteiger partial charge on any atom is -0.295 e. The third-order valence-electron chi connectivity index (χ3n) is 2.38. The fraction of sp³-hybridized carbons (Fsp3) is 0.167. The molecule has 0 aliphatic rings. The van der Waals surface area contributed by atoms with Crippen LogP contribution in [0, 0.1) is 6.92 Å². The smallest absolute Gasteiger partial charge is 0.295 e. The molecule has 0 spiro atoms. The van der Waals surface area contributed by atoms with Crippen LogP contribution in [0.25, 0.3) is 0 Å². The van der Waals surface area contributed by atoms with Crippen molar-refractivity contribution in [2.24, 2.45) is 0 Å². The van der Waals surface area contributed by atoms with E-state index >= 15 is 0 Å². The molecule has 0 radical (unpaired) electrons. The van der Waals surface area contributed by atoms with Crippen LogP contribution in [0.4, 0.5) is 0 Å². The lowest BCUT2D eigenvalue weighted by atomic mass is 10.1. The van der Waals surface area contributed by atoms with Crippen LogP contribution in [-0.4, -0.2) is 9.55 Å². The molecular weight excluding hydrogens is 188 g/mol. The van der Waals surface area contributed by atoms with E-state index in [1.54, 1.807) is 16.8 Å². The van der Waals surface area contributed by atoms with E-state index in [2.05, 4.69) is 4.98 Å². The maximum atomic E-state index is 11.4. The zero-order valence-corrected chi connectivity index (χ0v) is 8.55. The number of nitrogens with zero attached hydrogens (tertiary/aromatic N) is 2. The molecule has 0 aliphatic heterocycles. The Morgan fingerprint density at radius 1 is 1.27 bits per heavy atom. The van der Waals surface area contributed by atoms with Crippen LogP contribution >= 0.6 is 0 Å². The van der Waals surface area contributed by atoms with Crippen molar-refractivity contribution in [1.29, 1.82) is 0 Å². The van der Waals surface area contributed by atoms with Gasteiger partial charge in [-0.3, -0.25) is 4.57 Å². The van der Waals surface area contributed by atoms with Crippen LogP contribution in [0.3, 0.4) is 0 Å². The molecule has 76 valence electrons. The summed E-state index contributed by atoms with van der Waals surface area (Å²) in [5.74, 6) is 0. The van der Waals surface area contributed by atoms with E-state index in [0.29, 0.717) is 6.54 Å². The molecule has 0 amide bonds. The zero-order valence-electron chi connectivity index (χ0n) is 8.55. The summed E-state index contributed by atoms with van der Waals surface area (Å²) in [6.45, 7) is 2.62. The quantitative estimate of drug-likeness (QED) is 0.738. The summed E-state index contributed by atoms with van der Waals surface area (Å²) < 4.78 is 1.60. The van der Waals surface area contributed by atoms with E-state index in [9.17, 15) is 4.79 Å². The van der Waals surface area contributed by atoms with Gasteiger partial charge in [-0.15, -0.1) is 0 Å². The normalized spacial score (nSPS) is 10.2. The SMILES string of the molecule is Cc1ccccc1Cn1cccnc1=O. The van der Waals surface area contributed by atoms with Gasteiger partial charge in [0.25, 0.3) is 0 Å². The van der Waals surface area contributed by atoms with Gasteiger partial charge in [-0.25, -0.2) is 9.78 Å². The van der Waals surface area contributed by atoms with E-state index in [1.165, 1.54) is 11.8 Å². The van der Waals surface area contributed by atoms with Crippen LogP contribution < -0.4 is 5.69 Å². The van der Waals surface area contributed by atoms with Gasteiger partial charge in [-0.05, 0) is 24.1 Å². The summed E-state index contributed by atoms with van der Waals surface area (Å²) in [5, 5.41) is 0. The van der Waals surface area contributed by atoms with Gasteiger partial charge < -0.3 is 0 Å². The molecule has 0 unspecified atom stereocenters. The number of hydrogen-bond donors (Lipinski definition) is 0. The lowest BCUT2D eigenvalue weighted by Gasteiger charge is -2.06. The largest absolute Gasteiger partial charge is 0.347 e. The molecule has 0 N–H and O–H groups in total. The lowest BCUT2D eigenvalue weighted by Crippen LogP contribution is -2.22. The van der Waals surface area contributed by atoms with Gasteiger partial charge in [0, 0.05) is 12.4 Å². The molecule has 0 bridgehead atoms. The third-order valence-corrected chi connectivity index (χ3v) is 2.38. The molecule has 0 saturated heterocycles. The second-order valence-corrected chi connectivity index (χ2v) is 3.46. The molecule has 0 aliphatic carbocycles. The van der Waals surface area contributed by atoms with E-state index in [-0.39, 0.29) is 5.69 Å². The summed E-state index contributed by atoms with van der Waals surface area (Å²) in [5.41, 5.74) is 2.13. The van der Waals surface area contributed by atoms with Crippen molar-refractivity contribution in [3.8, 4) is 0 Å². The van der Waals surface area contributed by atoms with E-state index in [1.807, 2.05) is 31.2 Å². The molecule has 3 heteroatoms. The van der Waals surface area contributed by atoms with Crippen LogP contribution in [0.1, 0.15) is 11.1 Å². The Labute approximate surface area is 88.0 Å². The van der Waals surface area contributed by atoms with Gasteiger partial charge in [0.1, 0.15) is 0 Å². The minimum atomic E-state index is -0.208. The highest BCUT2D eigenvalue weighted by Crippen LogP contribution is 2.07. The van der Waals surface area contributed by atoms with Crippen LogP contribution in [0.2, 0.25) is 0 Å². The van der Waals surface area contributed by atoms with Gasteiger partial charge in [0.05, 0.1) is 6.54 Å². The average molecular weight is 200 g/mol. The molecule has 0 saturated carbocycles. The number of benzene rings is 1. The topological polar surface area (TPSA) is 34.9 Å². The van der Waals surface area contributed by atoms with Crippen LogP contribution in [-0.2, 0) is 6.54 Å². The van der Waals surface area contributed by atoms with Crippen molar-refractivity contribution in [1.82, 2.24) is 9.55 Å². The van der Waals surface area contributed by atoms with E-state index in [4.69, 9.17) is 0 Å². The molecule has 0 fully saturated rings. The first kappa shape index (κ1) is 9.65. The van der Waals surface area contributed by atoms with Gasteiger partial charge >= 0.3 is 5.69 Å². The maximum absolute atomic E-state index is 11.4. The summed E-state index contributed by atoms with van der Waals surface area (Å²) in [7, 11) is 0. The number of aromatic nitrogens is 2. The van der Waals surface area contributed by atoms with Gasteiger partial charge in [0.2, 0.25) is 0 Å². The second-order valence-electron chi connectivity index (χ2n) is 3.46. The summed E-state index contributed by atoms with van der Waals surface area (Å²) in [6, 6.07) is 9.79. The molecule has 15 heavy (non-hydrogen) atoms. The molecule has 3 nitrogen and oxygen atoms in total. The Bertz CT molecular complexity index is 517. The first-order valence-electron chi connectivity index (χ1n) is 4.83. The molecule has 0 atom stereocenters. The molecule has 2 rings (SSSR count). The third kappa shape index (κ3) is 2.13. The fourth-order valence-corrected chi connectivity index (χ4v) is 1.48. The summed E-state index contributed by atoms with van der Waals surface area (Å²) in [4.78, 5) is 15.1. The first-order chi connectivity index (χ1) is 7.27. The highest BCUT2D eigenvalue weighted by atomic mass is 16.1. The van der Waals surface area contributed by atoms with Crippen molar-refractivity contribution in [2.75, 3.05) is 0 Å². The van der Waals surface area contributed by atoms with Crippen molar-refractivity contribution < 1.29 is 0 Å². The van der Waals surface area contributed by atoms with Crippen molar-refractivity contribution in [3.05, 3.63) is 64.3 Å². The van der Waals surface area contributed by atoms with Gasteiger partial charge in [-0.2, -0.15) is 0 Å². The van der Waals surface area contributed by atoms with E-state index in [0.717, 1.165) is 5.56 Å². The standard InChI is InChI=1S/C12H12N2O/c1-10-5-2-3-6-11(10)9-14-8-4-7-13-12(14)15/h2-8H,9H2,1H3. The minimum absolute atomic E-state index is 0.208. The Morgan fingerprint density at radius 3 is 2.80 bits per heavy atom. The zero-order chi connectivity index (χ0) is 10.7. The molecule has 1 heterocycles. The molecule has 1 aromatic heterocycles. The second kappa shape index (κ2) is 4.09. The first-order valence-corrected chi connectivity index (χ1v) is 4.83. The number of rotatable bonds is 2. The average Bonchev–Trinajstić information content (AvgIpc) is 2.24. The van der Waals surface area contributed by atoms with Crippen LogP contribution in [0.5, 0.6) is 0 Å². The fourth-order valence-electron chi connectivity index (χ4n) is 1.48. The summed E-state index contributed by atoms with van der Waals surface area (Å²) >= 11 is 0. The van der Waals surface area contributed by atoms with Gasteiger partial charge in [-0.1, -0.05) is 24.3 Å². The summed E-state index contributed by atoms with van der Waals surface area (Å²) in [6.07, 6.45) is 3.26. The molecule has 1 aromatic carbocycles. The van der Waals surface area contributed by atoms with Crippen molar-refractivity contribution in [2.45, 2.75) is 13.5 Å². The van der Waals surface area contributed by atoms with Crippen molar-refractivity contribution in [3.63, 3.8) is 0 Å². The number of aryl methyl sites for hydroxylation is 1. The molecule has 2 aromatic rings. The monoisotopic (exact) mass is 200 g/mol. The van der Waals surface area contributed by atoms with Crippen LogP contribution in [0.15, 0.2) is 47.5 Å². The highest BCUT2D eigenvalue weighted by Gasteiger charge is 1.99. The Morgan fingerprint density at radius 2 is 2.07 bits per heavy atom. The molecular formula is C12H12N2O. The van der Waals surface area contributed by atoms with E-state index < -0.39 is 0 Å².